The summed E-state index contributed by atoms with van der Waals surface area (Å²) in [5.74, 6) is 0.122. The van der Waals surface area contributed by atoms with Crippen molar-refractivity contribution in [3.63, 3.8) is 0 Å². The molecule has 0 saturated heterocycles. The highest BCUT2D eigenvalue weighted by Gasteiger charge is 2.40. The summed E-state index contributed by atoms with van der Waals surface area (Å²) in [6.07, 6.45) is 2.06. The average molecular weight is 505 g/mol. The zero-order valence-corrected chi connectivity index (χ0v) is 18.2. The fourth-order valence-electron chi connectivity index (χ4n) is 3.74. The molecule has 1 aromatic carbocycles. The van der Waals surface area contributed by atoms with Crippen LogP contribution in [0.4, 0.5) is 5.69 Å². The number of rotatable bonds is 2. The molecule has 2 N–H and O–H groups in total. The van der Waals surface area contributed by atoms with Gasteiger partial charge in [0.25, 0.3) is 0 Å². The first-order chi connectivity index (χ1) is 13.0. The molecule has 2 heterocycles. The molecule has 27 heavy (non-hydrogen) atoms. The van der Waals surface area contributed by atoms with Crippen molar-refractivity contribution in [2.24, 2.45) is 5.73 Å². The van der Waals surface area contributed by atoms with Crippen LogP contribution in [0.1, 0.15) is 30.1 Å². The summed E-state index contributed by atoms with van der Waals surface area (Å²) in [6, 6.07) is 12.0. The molecule has 0 fully saturated rings. The molecule has 0 bridgehead atoms. The highest BCUT2D eigenvalue weighted by Crippen LogP contribution is 2.47. The molecule has 1 atom stereocenters. The monoisotopic (exact) mass is 503 g/mol. The van der Waals surface area contributed by atoms with Crippen molar-refractivity contribution in [2.45, 2.75) is 25.2 Å². The second-order valence-electron chi connectivity index (χ2n) is 6.46. The lowest BCUT2D eigenvalue weighted by Crippen LogP contribution is -2.38. The number of anilines is 1. The number of Topliss-reactive ketones (excluding diaryl/α,β-unsaturated/α-hetero) is 1. The molecule has 1 aliphatic carbocycles. The smallest absolute Gasteiger partial charge is 0.161 e. The van der Waals surface area contributed by atoms with Gasteiger partial charge in [0, 0.05) is 42.6 Å². The topological polar surface area (TPSA) is 70.1 Å². The van der Waals surface area contributed by atoms with Gasteiger partial charge in [-0.3, -0.25) is 9.69 Å². The summed E-state index contributed by atoms with van der Waals surface area (Å²) >= 11 is 8.46. The van der Waals surface area contributed by atoms with Crippen molar-refractivity contribution in [3.05, 3.63) is 72.2 Å². The van der Waals surface area contributed by atoms with Crippen LogP contribution in [0.2, 0.25) is 0 Å². The van der Waals surface area contributed by atoms with E-state index in [-0.39, 0.29) is 11.7 Å². The lowest BCUT2D eigenvalue weighted by Gasteiger charge is -2.39. The summed E-state index contributed by atoms with van der Waals surface area (Å²) in [5.41, 5.74) is 9.43. The Bertz CT molecular complexity index is 1030. The van der Waals surface area contributed by atoms with E-state index in [2.05, 4.69) is 37.9 Å². The molecule has 0 saturated carbocycles. The fraction of sp³-hybridized carbons (Fsp3) is 0.200. The van der Waals surface area contributed by atoms with E-state index < -0.39 is 0 Å². The van der Waals surface area contributed by atoms with Gasteiger partial charge in [0.2, 0.25) is 0 Å². The number of allylic oxidation sites excluding steroid dienone is 3. The molecule has 0 radical (unpaired) electrons. The van der Waals surface area contributed by atoms with Crippen LogP contribution < -0.4 is 10.6 Å². The van der Waals surface area contributed by atoms with Crippen LogP contribution in [0.15, 0.2) is 67.3 Å². The predicted octanol–water partition coefficient (Wildman–Crippen LogP) is 5.58. The third-order valence-corrected chi connectivity index (χ3v) is 7.16. The van der Waals surface area contributed by atoms with Crippen LogP contribution >= 0.6 is 43.2 Å². The highest BCUT2D eigenvalue weighted by molar-refractivity contribution is 9.10. The number of ketones is 1. The minimum Gasteiger partial charge on any atom is -0.384 e. The Kier molecular flexibility index (Phi) is 4.97. The van der Waals surface area contributed by atoms with Crippen molar-refractivity contribution < 1.29 is 4.79 Å². The van der Waals surface area contributed by atoms with Crippen molar-refractivity contribution in [1.29, 1.82) is 5.26 Å². The lowest BCUT2D eigenvalue weighted by molar-refractivity contribution is -0.116. The van der Waals surface area contributed by atoms with Crippen molar-refractivity contribution in [1.82, 2.24) is 0 Å². The summed E-state index contributed by atoms with van der Waals surface area (Å²) in [7, 11) is 0. The number of hydrogen-bond acceptors (Lipinski definition) is 5. The van der Waals surface area contributed by atoms with Gasteiger partial charge in [-0.15, -0.1) is 11.3 Å². The van der Waals surface area contributed by atoms with Crippen LogP contribution in [-0.4, -0.2) is 5.78 Å². The van der Waals surface area contributed by atoms with Crippen LogP contribution in [0.3, 0.4) is 0 Å². The molecular weight excluding hydrogens is 490 g/mol. The highest BCUT2D eigenvalue weighted by atomic mass is 79.9. The van der Waals surface area contributed by atoms with E-state index in [9.17, 15) is 10.1 Å². The molecule has 7 heteroatoms. The zero-order chi connectivity index (χ0) is 19.1. The molecule has 0 spiro atoms. The number of halogens is 2. The third kappa shape index (κ3) is 3.16. The number of carbonyl (C=O) groups excluding carboxylic acids is 1. The van der Waals surface area contributed by atoms with E-state index in [1.165, 1.54) is 11.3 Å². The molecule has 4 nitrogen and oxygen atoms in total. The maximum absolute atomic E-state index is 12.9. The van der Waals surface area contributed by atoms with E-state index in [0.29, 0.717) is 23.4 Å². The van der Waals surface area contributed by atoms with Crippen molar-refractivity contribution in [3.8, 4) is 6.07 Å². The van der Waals surface area contributed by atoms with Crippen molar-refractivity contribution in [2.75, 3.05) is 4.90 Å². The van der Waals surface area contributed by atoms with Gasteiger partial charge in [-0.1, -0.05) is 15.9 Å². The van der Waals surface area contributed by atoms with Gasteiger partial charge >= 0.3 is 0 Å². The van der Waals surface area contributed by atoms with Gasteiger partial charge in [0.05, 0.1) is 17.6 Å². The SMILES string of the molecule is N#CC1=C(N)N(c2ccc(Br)cc2)C2=C(C(=O)CCC2)[C@H]1c1cc(Br)cs1. The Morgan fingerprint density at radius 3 is 2.56 bits per heavy atom. The number of carbonyl (C=O) groups is 1. The van der Waals surface area contributed by atoms with Crippen molar-refractivity contribution >= 4 is 54.7 Å². The molecule has 136 valence electrons. The largest absolute Gasteiger partial charge is 0.384 e. The number of nitrogens with zero attached hydrogens (tertiary/aromatic N) is 2. The molecule has 2 aromatic rings. The summed E-state index contributed by atoms with van der Waals surface area (Å²) in [6.45, 7) is 0. The van der Waals surface area contributed by atoms with Gasteiger partial charge in [0.15, 0.2) is 5.78 Å². The maximum atomic E-state index is 12.9. The minimum absolute atomic E-state index is 0.105. The van der Waals surface area contributed by atoms with Crippen LogP contribution in [0, 0.1) is 11.3 Å². The molecule has 2 aliphatic rings. The number of benzene rings is 1. The minimum atomic E-state index is -0.388. The van der Waals surface area contributed by atoms with Crippen LogP contribution in [-0.2, 0) is 4.79 Å². The summed E-state index contributed by atoms with van der Waals surface area (Å²) in [5, 5.41) is 11.9. The summed E-state index contributed by atoms with van der Waals surface area (Å²) in [4.78, 5) is 15.8. The quantitative estimate of drug-likeness (QED) is 0.579. The molecule has 0 unspecified atom stereocenters. The normalized spacial score (nSPS) is 20.0. The van der Waals surface area contributed by atoms with Crippen LogP contribution in [0.5, 0.6) is 0 Å². The second-order valence-corrected chi connectivity index (χ2v) is 9.23. The number of nitriles is 1. The van der Waals surface area contributed by atoms with Gasteiger partial charge < -0.3 is 5.73 Å². The Hall–Kier alpha value is -1.88. The van der Waals surface area contributed by atoms with Gasteiger partial charge in [-0.05, 0) is 59.1 Å². The predicted molar refractivity (Wildman–Crippen MR) is 114 cm³/mol. The lowest BCUT2D eigenvalue weighted by atomic mass is 9.78. The van der Waals surface area contributed by atoms with Gasteiger partial charge in [-0.25, -0.2) is 0 Å². The third-order valence-electron chi connectivity index (χ3n) is 4.87. The number of hydrogen-bond donors (Lipinski definition) is 1. The Morgan fingerprint density at radius 2 is 1.93 bits per heavy atom. The molecule has 4 rings (SSSR count). The zero-order valence-electron chi connectivity index (χ0n) is 14.2. The first-order valence-electron chi connectivity index (χ1n) is 8.47. The van der Waals surface area contributed by atoms with Gasteiger partial charge in [-0.2, -0.15) is 5.26 Å². The van der Waals surface area contributed by atoms with E-state index >= 15 is 0 Å². The Labute approximate surface area is 178 Å². The average Bonchev–Trinajstić information content (AvgIpc) is 3.08. The molecule has 1 aromatic heterocycles. The number of nitrogens with two attached hydrogens (primary N) is 1. The Morgan fingerprint density at radius 1 is 1.19 bits per heavy atom. The first kappa shape index (κ1) is 18.5. The maximum Gasteiger partial charge on any atom is 0.161 e. The van der Waals surface area contributed by atoms with E-state index in [0.717, 1.165) is 38.0 Å². The standard InChI is InChI=1S/C20H15Br2N3OS/c21-11-4-6-13(7-5-11)25-15-2-1-3-16(26)19(15)18(14(9-23)20(25)24)17-8-12(22)10-27-17/h4-8,10,18H,1-3,24H2/t18-/m1/s1. The van der Waals surface area contributed by atoms with Gasteiger partial charge in [0.1, 0.15) is 5.82 Å². The fourth-order valence-corrected chi connectivity index (χ4v) is 5.56. The van der Waals surface area contributed by atoms with Crippen LogP contribution in [0.25, 0.3) is 0 Å². The molecule has 1 aliphatic heterocycles. The van der Waals surface area contributed by atoms with E-state index in [4.69, 9.17) is 5.73 Å². The summed E-state index contributed by atoms with van der Waals surface area (Å²) < 4.78 is 1.90. The number of thiophene rings is 1. The second kappa shape index (κ2) is 7.27. The van der Waals surface area contributed by atoms with E-state index in [1.54, 1.807) is 0 Å². The first-order valence-corrected chi connectivity index (χ1v) is 10.9. The molecule has 0 amide bonds. The Balaban J connectivity index is 1.96. The van der Waals surface area contributed by atoms with E-state index in [1.807, 2.05) is 40.6 Å². The molecular formula is C20H15Br2N3OS.